The average Bonchev–Trinajstić information content (AvgIpc) is 2.55. The lowest BCUT2D eigenvalue weighted by molar-refractivity contribution is -0.114. The normalized spacial score (nSPS) is 10.0. The Bertz CT molecular complexity index is 732. The predicted octanol–water partition coefficient (Wildman–Crippen LogP) is 3.49. The highest BCUT2D eigenvalue weighted by Gasteiger charge is 2.10. The van der Waals surface area contributed by atoms with Gasteiger partial charge in [0, 0.05) is 5.69 Å². The highest BCUT2D eigenvalue weighted by atomic mass is 35.5. The van der Waals surface area contributed by atoms with Crippen LogP contribution in [0, 0.1) is 6.92 Å². The number of halogens is 1. The van der Waals surface area contributed by atoms with Gasteiger partial charge < -0.3 is 15.4 Å². The number of hydrogen-bond acceptors (Lipinski definition) is 4. The minimum absolute atomic E-state index is 0.0265. The summed E-state index contributed by atoms with van der Waals surface area (Å²) in [4.78, 5) is 23.5. The molecule has 0 aliphatic heterocycles. The average molecular weight is 333 g/mol. The summed E-state index contributed by atoms with van der Waals surface area (Å²) >= 11 is 6.07. The molecule has 0 aliphatic carbocycles. The van der Waals surface area contributed by atoms with Crippen LogP contribution in [0.15, 0.2) is 42.5 Å². The Balaban J connectivity index is 2.01. The van der Waals surface area contributed by atoms with Crippen LogP contribution < -0.4 is 10.6 Å². The van der Waals surface area contributed by atoms with E-state index in [1.807, 2.05) is 31.2 Å². The highest BCUT2D eigenvalue weighted by molar-refractivity contribution is 6.33. The van der Waals surface area contributed by atoms with E-state index in [1.165, 1.54) is 7.11 Å². The van der Waals surface area contributed by atoms with Crippen molar-refractivity contribution in [3.63, 3.8) is 0 Å². The zero-order valence-corrected chi connectivity index (χ0v) is 13.6. The van der Waals surface area contributed by atoms with Crippen LogP contribution in [0.3, 0.4) is 0 Å². The Labute approximate surface area is 139 Å². The number of aryl methyl sites for hydroxylation is 1. The first-order valence-electron chi connectivity index (χ1n) is 6.98. The molecule has 0 unspecified atom stereocenters. The molecule has 2 N–H and O–H groups in total. The fourth-order valence-corrected chi connectivity index (χ4v) is 2.17. The molecule has 0 aliphatic rings. The Hall–Kier alpha value is -2.53. The van der Waals surface area contributed by atoms with Gasteiger partial charge in [-0.3, -0.25) is 4.79 Å². The van der Waals surface area contributed by atoms with Crippen molar-refractivity contribution >= 4 is 34.9 Å². The summed E-state index contributed by atoms with van der Waals surface area (Å²) in [6.07, 6.45) is 0. The molecule has 0 heterocycles. The van der Waals surface area contributed by atoms with Gasteiger partial charge in [-0.1, -0.05) is 29.8 Å². The molecule has 2 aromatic rings. The lowest BCUT2D eigenvalue weighted by atomic mass is 10.2. The lowest BCUT2D eigenvalue weighted by Gasteiger charge is -2.11. The standard InChI is InChI=1S/C17H17ClN2O3/c1-11-5-3-4-6-14(11)20-16(21)10-19-15-9-12(17(22)23-2)7-8-13(15)18/h3-9,19H,10H2,1-2H3,(H,20,21). The Kier molecular flexibility index (Phi) is 5.60. The van der Waals surface area contributed by atoms with Crippen molar-refractivity contribution < 1.29 is 14.3 Å². The van der Waals surface area contributed by atoms with Crippen molar-refractivity contribution in [2.75, 3.05) is 24.3 Å². The number of methoxy groups -OCH3 is 1. The van der Waals surface area contributed by atoms with Crippen molar-refractivity contribution in [3.8, 4) is 0 Å². The molecule has 2 aromatic carbocycles. The van der Waals surface area contributed by atoms with Crippen LogP contribution in [0.4, 0.5) is 11.4 Å². The maximum Gasteiger partial charge on any atom is 0.337 e. The summed E-state index contributed by atoms with van der Waals surface area (Å²) in [6.45, 7) is 1.94. The third kappa shape index (κ3) is 4.47. The minimum Gasteiger partial charge on any atom is -0.465 e. The monoisotopic (exact) mass is 332 g/mol. The van der Waals surface area contributed by atoms with Gasteiger partial charge in [-0.25, -0.2) is 4.79 Å². The van der Waals surface area contributed by atoms with E-state index in [0.29, 0.717) is 16.3 Å². The first kappa shape index (κ1) is 16.8. The van der Waals surface area contributed by atoms with Crippen molar-refractivity contribution in [3.05, 3.63) is 58.6 Å². The van der Waals surface area contributed by atoms with Crippen LogP contribution in [0.2, 0.25) is 5.02 Å². The number of rotatable bonds is 5. The fraction of sp³-hybridized carbons (Fsp3) is 0.176. The molecule has 0 aromatic heterocycles. The maximum atomic E-state index is 12.0. The molecular formula is C17H17ClN2O3. The third-order valence-corrected chi connectivity index (χ3v) is 3.58. The predicted molar refractivity (Wildman–Crippen MR) is 91.1 cm³/mol. The van der Waals surface area contributed by atoms with Gasteiger partial charge in [0.2, 0.25) is 5.91 Å². The maximum absolute atomic E-state index is 12.0. The summed E-state index contributed by atoms with van der Waals surface area (Å²) in [7, 11) is 1.31. The summed E-state index contributed by atoms with van der Waals surface area (Å²) in [5, 5.41) is 6.15. The van der Waals surface area contributed by atoms with Crippen molar-refractivity contribution in [1.29, 1.82) is 0 Å². The number of amides is 1. The number of esters is 1. The van der Waals surface area contributed by atoms with Crippen LogP contribution >= 0.6 is 11.6 Å². The van der Waals surface area contributed by atoms with Gasteiger partial charge >= 0.3 is 5.97 Å². The molecule has 1 amide bonds. The van der Waals surface area contributed by atoms with E-state index in [0.717, 1.165) is 11.3 Å². The van der Waals surface area contributed by atoms with E-state index < -0.39 is 5.97 Å². The topological polar surface area (TPSA) is 67.4 Å². The van der Waals surface area contributed by atoms with Crippen LogP contribution in [0.5, 0.6) is 0 Å². The summed E-state index contributed by atoms with van der Waals surface area (Å²) in [5.41, 5.74) is 2.59. The Morgan fingerprint density at radius 2 is 1.87 bits per heavy atom. The molecule has 2 rings (SSSR count). The second kappa shape index (κ2) is 7.65. The zero-order chi connectivity index (χ0) is 16.8. The van der Waals surface area contributed by atoms with E-state index in [9.17, 15) is 9.59 Å². The van der Waals surface area contributed by atoms with Crippen molar-refractivity contribution in [2.24, 2.45) is 0 Å². The largest absolute Gasteiger partial charge is 0.465 e. The first-order valence-corrected chi connectivity index (χ1v) is 7.36. The van der Waals surface area contributed by atoms with E-state index in [-0.39, 0.29) is 12.5 Å². The molecule has 5 nitrogen and oxygen atoms in total. The van der Waals surface area contributed by atoms with Gasteiger partial charge in [-0.15, -0.1) is 0 Å². The van der Waals surface area contributed by atoms with Gasteiger partial charge in [0.25, 0.3) is 0 Å². The van der Waals surface area contributed by atoms with Gasteiger partial charge in [0.15, 0.2) is 0 Å². The minimum atomic E-state index is -0.464. The smallest absolute Gasteiger partial charge is 0.337 e. The number of anilines is 2. The van der Waals surface area contributed by atoms with Crippen molar-refractivity contribution in [1.82, 2.24) is 0 Å². The molecule has 0 spiro atoms. The Morgan fingerprint density at radius 3 is 2.57 bits per heavy atom. The van der Waals surface area contributed by atoms with Gasteiger partial charge in [0.1, 0.15) is 0 Å². The van der Waals surface area contributed by atoms with E-state index in [1.54, 1.807) is 18.2 Å². The van der Waals surface area contributed by atoms with Gasteiger partial charge in [-0.05, 0) is 36.8 Å². The number of carbonyl (C=O) groups is 2. The molecular weight excluding hydrogens is 316 g/mol. The molecule has 120 valence electrons. The number of carbonyl (C=O) groups excluding carboxylic acids is 2. The van der Waals surface area contributed by atoms with E-state index >= 15 is 0 Å². The van der Waals surface area contributed by atoms with E-state index in [4.69, 9.17) is 11.6 Å². The quantitative estimate of drug-likeness (QED) is 0.822. The molecule has 23 heavy (non-hydrogen) atoms. The summed E-state index contributed by atoms with van der Waals surface area (Å²) in [6, 6.07) is 12.2. The third-order valence-electron chi connectivity index (χ3n) is 3.25. The fourth-order valence-electron chi connectivity index (χ4n) is 1.99. The molecule has 0 bridgehead atoms. The molecule has 0 saturated heterocycles. The number of ether oxygens (including phenoxy) is 1. The SMILES string of the molecule is COC(=O)c1ccc(Cl)c(NCC(=O)Nc2ccccc2C)c1. The summed E-state index contributed by atoms with van der Waals surface area (Å²) < 4.78 is 4.66. The lowest BCUT2D eigenvalue weighted by Crippen LogP contribution is -2.22. The molecule has 6 heteroatoms. The molecule has 0 radical (unpaired) electrons. The van der Waals surface area contributed by atoms with Crippen LogP contribution in [0.25, 0.3) is 0 Å². The molecule has 0 atom stereocenters. The summed E-state index contributed by atoms with van der Waals surface area (Å²) in [5.74, 6) is -0.673. The number of hydrogen-bond donors (Lipinski definition) is 2. The van der Waals surface area contributed by atoms with Gasteiger partial charge in [0.05, 0.1) is 29.9 Å². The van der Waals surface area contributed by atoms with Crippen LogP contribution in [-0.2, 0) is 9.53 Å². The number of benzene rings is 2. The molecule has 0 saturated carbocycles. The second-order valence-electron chi connectivity index (χ2n) is 4.90. The number of para-hydroxylation sites is 1. The van der Waals surface area contributed by atoms with E-state index in [2.05, 4.69) is 15.4 Å². The zero-order valence-electron chi connectivity index (χ0n) is 12.9. The number of nitrogens with one attached hydrogen (secondary N) is 2. The van der Waals surface area contributed by atoms with Gasteiger partial charge in [-0.2, -0.15) is 0 Å². The molecule has 0 fully saturated rings. The first-order chi connectivity index (χ1) is 11.0. The van der Waals surface area contributed by atoms with Crippen LogP contribution in [-0.4, -0.2) is 25.5 Å². The second-order valence-corrected chi connectivity index (χ2v) is 5.31. The van der Waals surface area contributed by atoms with Crippen molar-refractivity contribution in [2.45, 2.75) is 6.92 Å². The highest BCUT2D eigenvalue weighted by Crippen LogP contribution is 2.23. The Morgan fingerprint density at radius 1 is 1.13 bits per heavy atom. The van der Waals surface area contributed by atoms with Crippen LogP contribution in [0.1, 0.15) is 15.9 Å².